The van der Waals surface area contributed by atoms with Crippen LogP contribution in [0, 0.1) is 23.7 Å². The molecule has 0 spiro atoms. The molecular formula is C40H69N5O6S. The van der Waals surface area contributed by atoms with Gasteiger partial charge in [-0.25, -0.2) is 0 Å². The quantitative estimate of drug-likeness (QED) is 0.153. The number of phenols is 1. The molecule has 11 nitrogen and oxygen atoms in total. The zero-order chi connectivity index (χ0) is 39.3. The third-order valence-corrected chi connectivity index (χ3v) is 12.1. The highest BCUT2D eigenvalue weighted by Crippen LogP contribution is 2.33. The van der Waals surface area contributed by atoms with Crippen molar-refractivity contribution in [2.45, 2.75) is 123 Å². The van der Waals surface area contributed by atoms with E-state index >= 15 is 0 Å². The fraction of sp³-hybridized carbons (Fsp3) is 0.750. The molecule has 1 aromatic carbocycles. The molecule has 0 saturated carbocycles. The SMILES string of the molecule is CCC(C)C(C(CC(=O)N1CCCC1C(SC)C(C)C(=O)NCCCc1cccc(O)c1)OC)N(C)C(=O)C(NC(=O)C(C(C)C)N(C)C)C(C)C. The number of thioether (sulfide) groups is 1. The van der Waals surface area contributed by atoms with E-state index in [0.717, 1.165) is 37.7 Å². The van der Waals surface area contributed by atoms with Gasteiger partial charge in [0.25, 0.3) is 0 Å². The summed E-state index contributed by atoms with van der Waals surface area (Å²) in [4.78, 5) is 60.6. The summed E-state index contributed by atoms with van der Waals surface area (Å²) in [5.74, 6) is -0.597. The second-order valence-corrected chi connectivity index (χ2v) is 16.6. The normalized spacial score (nSPS) is 18.8. The Morgan fingerprint density at radius 1 is 1.04 bits per heavy atom. The average molecular weight is 748 g/mol. The molecular weight excluding hydrogens is 679 g/mol. The Bertz CT molecular complexity index is 1290. The number of phenolic OH excluding ortho intramolecular Hbond substituents is 1. The summed E-state index contributed by atoms with van der Waals surface area (Å²) in [7, 11) is 7.09. The Morgan fingerprint density at radius 3 is 2.25 bits per heavy atom. The minimum absolute atomic E-state index is 0.0185. The van der Waals surface area contributed by atoms with Crippen LogP contribution in [0.15, 0.2) is 24.3 Å². The number of aryl methyl sites for hydroxylation is 1. The summed E-state index contributed by atoms with van der Waals surface area (Å²) in [5.41, 5.74) is 1.02. The van der Waals surface area contributed by atoms with E-state index < -0.39 is 18.2 Å². The van der Waals surface area contributed by atoms with Crippen molar-refractivity contribution >= 4 is 35.4 Å². The molecule has 0 bridgehead atoms. The number of amides is 4. The number of carbonyl (C=O) groups is 4. The van der Waals surface area contributed by atoms with Gasteiger partial charge in [0.1, 0.15) is 11.8 Å². The number of hydrogen-bond acceptors (Lipinski definition) is 8. The van der Waals surface area contributed by atoms with Gasteiger partial charge >= 0.3 is 0 Å². The number of hydrogen-bond donors (Lipinski definition) is 3. The van der Waals surface area contributed by atoms with E-state index in [9.17, 15) is 24.3 Å². The summed E-state index contributed by atoms with van der Waals surface area (Å²) in [6.45, 7) is 15.1. The van der Waals surface area contributed by atoms with Crippen molar-refractivity contribution in [1.82, 2.24) is 25.3 Å². The van der Waals surface area contributed by atoms with Crippen LogP contribution in [0.2, 0.25) is 0 Å². The number of likely N-dealkylation sites (tertiary alicyclic amines) is 1. The maximum Gasteiger partial charge on any atom is 0.245 e. The molecule has 4 amide bonds. The van der Waals surface area contributed by atoms with Gasteiger partial charge in [0, 0.05) is 44.5 Å². The lowest BCUT2D eigenvalue weighted by Gasteiger charge is -2.41. The monoisotopic (exact) mass is 747 g/mol. The first-order valence-electron chi connectivity index (χ1n) is 19.1. The van der Waals surface area contributed by atoms with Crippen LogP contribution in [0.1, 0.15) is 86.1 Å². The van der Waals surface area contributed by atoms with Crippen LogP contribution in [-0.4, -0.2) is 127 Å². The van der Waals surface area contributed by atoms with Gasteiger partial charge < -0.3 is 30.3 Å². The van der Waals surface area contributed by atoms with E-state index in [-0.39, 0.29) is 76.8 Å². The molecule has 1 aliphatic rings. The number of ether oxygens (including phenoxy) is 1. The zero-order valence-corrected chi connectivity index (χ0v) is 34.8. The van der Waals surface area contributed by atoms with Gasteiger partial charge in [0.2, 0.25) is 23.6 Å². The highest BCUT2D eigenvalue weighted by molar-refractivity contribution is 7.99. The van der Waals surface area contributed by atoms with Crippen LogP contribution in [0.25, 0.3) is 0 Å². The molecule has 12 heteroatoms. The van der Waals surface area contributed by atoms with Crippen LogP contribution >= 0.6 is 11.8 Å². The van der Waals surface area contributed by atoms with E-state index in [1.165, 1.54) is 0 Å². The van der Waals surface area contributed by atoms with Gasteiger partial charge in [-0.05, 0) is 81.5 Å². The highest BCUT2D eigenvalue weighted by atomic mass is 32.2. The minimum Gasteiger partial charge on any atom is -0.508 e. The Hall–Kier alpha value is -2.83. The molecule has 8 atom stereocenters. The molecule has 1 aromatic rings. The smallest absolute Gasteiger partial charge is 0.245 e. The Balaban J connectivity index is 2.18. The van der Waals surface area contributed by atoms with Crippen molar-refractivity contribution in [3.63, 3.8) is 0 Å². The summed E-state index contributed by atoms with van der Waals surface area (Å²) in [5, 5.41) is 15.8. The molecule has 52 heavy (non-hydrogen) atoms. The van der Waals surface area contributed by atoms with E-state index in [0.29, 0.717) is 13.1 Å². The van der Waals surface area contributed by atoms with E-state index in [1.54, 1.807) is 43.0 Å². The Morgan fingerprint density at radius 2 is 1.71 bits per heavy atom. The van der Waals surface area contributed by atoms with E-state index in [2.05, 4.69) is 24.5 Å². The molecule has 0 aromatic heterocycles. The molecule has 1 aliphatic heterocycles. The maximum absolute atomic E-state index is 14.2. The third-order valence-electron chi connectivity index (χ3n) is 10.8. The molecule has 1 heterocycles. The van der Waals surface area contributed by atoms with Gasteiger partial charge in [0.05, 0.1) is 24.6 Å². The summed E-state index contributed by atoms with van der Waals surface area (Å²) < 4.78 is 6.04. The van der Waals surface area contributed by atoms with Crippen LogP contribution in [0.3, 0.4) is 0 Å². The van der Waals surface area contributed by atoms with Crippen molar-refractivity contribution in [2.24, 2.45) is 23.7 Å². The van der Waals surface area contributed by atoms with Gasteiger partial charge in [-0.15, -0.1) is 0 Å². The number of rotatable bonds is 21. The molecule has 2 rings (SSSR count). The van der Waals surface area contributed by atoms with Gasteiger partial charge in [-0.3, -0.25) is 24.1 Å². The minimum atomic E-state index is -0.733. The van der Waals surface area contributed by atoms with Gasteiger partial charge in [-0.1, -0.05) is 67.0 Å². The van der Waals surface area contributed by atoms with Crippen molar-refractivity contribution in [1.29, 1.82) is 0 Å². The summed E-state index contributed by atoms with van der Waals surface area (Å²) in [6, 6.07) is 5.56. The van der Waals surface area contributed by atoms with Crippen molar-refractivity contribution in [3.05, 3.63) is 29.8 Å². The highest BCUT2D eigenvalue weighted by Gasteiger charge is 2.42. The molecule has 8 unspecified atom stereocenters. The third kappa shape index (κ3) is 12.4. The fourth-order valence-corrected chi connectivity index (χ4v) is 8.92. The second-order valence-electron chi connectivity index (χ2n) is 15.5. The largest absolute Gasteiger partial charge is 0.508 e. The van der Waals surface area contributed by atoms with E-state index in [1.807, 2.05) is 76.9 Å². The Kier molecular flexibility index (Phi) is 19.0. The first-order valence-corrected chi connectivity index (χ1v) is 20.4. The number of likely N-dealkylation sites (N-methyl/N-ethyl adjacent to an activating group) is 2. The number of nitrogens with one attached hydrogen (secondary N) is 2. The topological polar surface area (TPSA) is 132 Å². The first kappa shape index (κ1) is 45.3. The molecule has 0 radical (unpaired) electrons. The van der Waals surface area contributed by atoms with Crippen molar-refractivity contribution < 1.29 is 29.0 Å². The molecule has 296 valence electrons. The fourth-order valence-electron chi connectivity index (χ4n) is 7.79. The van der Waals surface area contributed by atoms with Crippen LogP contribution in [-0.2, 0) is 30.3 Å². The maximum atomic E-state index is 14.2. The van der Waals surface area contributed by atoms with Crippen LogP contribution in [0.5, 0.6) is 5.75 Å². The summed E-state index contributed by atoms with van der Waals surface area (Å²) in [6.07, 6.45) is 5.49. The van der Waals surface area contributed by atoms with E-state index in [4.69, 9.17) is 4.74 Å². The van der Waals surface area contributed by atoms with Crippen molar-refractivity contribution in [3.8, 4) is 5.75 Å². The lowest BCUT2D eigenvalue weighted by Crippen LogP contribution is -2.59. The zero-order valence-electron chi connectivity index (χ0n) is 34.0. The van der Waals surface area contributed by atoms with Crippen LogP contribution < -0.4 is 10.6 Å². The number of aromatic hydroxyl groups is 1. The summed E-state index contributed by atoms with van der Waals surface area (Å²) >= 11 is 1.62. The molecule has 3 N–H and O–H groups in total. The lowest BCUT2D eigenvalue weighted by atomic mass is 9.89. The predicted molar refractivity (Wildman–Crippen MR) is 211 cm³/mol. The Labute approximate surface area is 318 Å². The van der Waals surface area contributed by atoms with Crippen molar-refractivity contribution in [2.75, 3.05) is 47.6 Å². The molecule has 1 fully saturated rings. The number of benzene rings is 1. The number of nitrogens with zero attached hydrogens (tertiary/aromatic N) is 3. The molecule has 1 saturated heterocycles. The van der Waals surface area contributed by atoms with Gasteiger partial charge in [-0.2, -0.15) is 11.8 Å². The predicted octanol–water partition coefficient (Wildman–Crippen LogP) is 4.80. The van der Waals surface area contributed by atoms with Gasteiger partial charge in [0.15, 0.2) is 0 Å². The first-order chi connectivity index (χ1) is 24.5. The molecule has 0 aliphatic carbocycles. The lowest BCUT2D eigenvalue weighted by molar-refractivity contribution is -0.146. The second kappa shape index (κ2) is 21.8. The average Bonchev–Trinajstić information content (AvgIpc) is 3.57. The number of carbonyl (C=O) groups excluding carboxylic acids is 4. The van der Waals surface area contributed by atoms with Crippen LogP contribution in [0.4, 0.5) is 0 Å². The standard InChI is InChI=1S/C40H69N5O6S/c1-13-27(6)36(44(10)40(50)34(25(2)3)42-39(49)35(26(4)5)43(8)9)32(51-11)24-33(47)45-22-16-20-31(45)37(52-12)28(7)38(48)41-21-15-18-29-17-14-19-30(46)23-29/h14,17,19,23,25-28,31-32,34-37,46H,13,15-16,18,20-22,24H2,1-12H3,(H,41,48)(H,42,49). The number of methoxy groups -OCH3 is 1.